The summed E-state index contributed by atoms with van der Waals surface area (Å²) in [5.74, 6) is 5.95. The van der Waals surface area contributed by atoms with E-state index in [0.29, 0.717) is 45.0 Å². The molecule has 4 rings (SSSR count). The first kappa shape index (κ1) is 45.2. The van der Waals surface area contributed by atoms with Gasteiger partial charge in [0.1, 0.15) is 18.6 Å². The van der Waals surface area contributed by atoms with E-state index in [0.717, 1.165) is 61.8 Å². The summed E-state index contributed by atoms with van der Waals surface area (Å²) in [6, 6.07) is 7.93. The van der Waals surface area contributed by atoms with Crippen LogP contribution in [-0.4, -0.2) is 90.2 Å². The number of carbonyl (C=O) groups excluding carboxylic acids is 1. The molecule has 3 heterocycles. The fourth-order valence-electron chi connectivity index (χ4n) is 6.98. The third kappa shape index (κ3) is 17.3. The van der Waals surface area contributed by atoms with Crippen LogP contribution in [0.3, 0.4) is 0 Å². The van der Waals surface area contributed by atoms with Gasteiger partial charge >= 0.3 is 5.97 Å². The van der Waals surface area contributed by atoms with Gasteiger partial charge < -0.3 is 42.6 Å². The Bertz CT molecular complexity index is 1500. The summed E-state index contributed by atoms with van der Waals surface area (Å²) in [6.07, 6.45) is 21.4. The first-order chi connectivity index (χ1) is 27.2. The molecule has 1 fully saturated rings. The van der Waals surface area contributed by atoms with Gasteiger partial charge in [-0.25, -0.2) is 4.79 Å². The summed E-state index contributed by atoms with van der Waals surface area (Å²) in [5, 5.41) is 0. The second-order valence-corrected chi connectivity index (χ2v) is 14.8. The highest BCUT2D eigenvalue weighted by molar-refractivity contribution is 5.88. The minimum Gasteiger partial charge on any atom is -0.497 e. The van der Waals surface area contributed by atoms with Crippen LogP contribution < -0.4 is 4.74 Å². The van der Waals surface area contributed by atoms with Crippen LogP contribution in [0.15, 0.2) is 84.5 Å². The van der Waals surface area contributed by atoms with Crippen molar-refractivity contribution in [3.63, 3.8) is 0 Å². The molecule has 56 heavy (non-hydrogen) atoms. The first-order valence-electron chi connectivity index (χ1n) is 20.0. The summed E-state index contributed by atoms with van der Waals surface area (Å²) >= 11 is 0. The summed E-state index contributed by atoms with van der Waals surface area (Å²) in [5.41, 5.74) is 3.45. The highest BCUT2D eigenvalue weighted by Crippen LogP contribution is 2.27. The Morgan fingerprint density at radius 1 is 1.07 bits per heavy atom. The van der Waals surface area contributed by atoms with Gasteiger partial charge in [-0.3, -0.25) is 0 Å². The molecule has 1 unspecified atom stereocenters. The van der Waals surface area contributed by atoms with Gasteiger partial charge in [0.25, 0.3) is 0 Å². The Morgan fingerprint density at radius 2 is 1.91 bits per heavy atom. The zero-order valence-corrected chi connectivity index (χ0v) is 34.2. The highest BCUT2D eigenvalue weighted by Gasteiger charge is 2.27. The molecule has 0 amide bonds. The van der Waals surface area contributed by atoms with Crippen molar-refractivity contribution in [2.75, 3.05) is 41.3 Å². The van der Waals surface area contributed by atoms with E-state index in [1.807, 2.05) is 30.3 Å². The van der Waals surface area contributed by atoms with Gasteiger partial charge in [0, 0.05) is 26.1 Å². The predicted octanol–water partition coefficient (Wildman–Crippen LogP) is 8.36. The van der Waals surface area contributed by atoms with E-state index in [1.54, 1.807) is 14.2 Å². The Labute approximate surface area is 335 Å². The van der Waals surface area contributed by atoms with Crippen LogP contribution in [0, 0.1) is 17.8 Å². The van der Waals surface area contributed by atoms with Gasteiger partial charge in [-0.15, -0.1) is 0 Å². The van der Waals surface area contributed by atoms with Crippen molar-refractivity contribution >= 4 is 5.97 Å². The molecule has 308 valence electrons. The Kier molecular flexibility index (Phi) is 20.7. The van der Waals surface area contributed by atoms with Gasteiger partial charge in [0.15, 0.2) is 6.29 Å². The van der Waals surface area contributed by atoms with Crippen LogP contribution >= 0.6 is 0 Å². The molecule has 0 aliphatic carbocycles. The molecule has 3 aliphatic heterocycles. The van der Waals surface area contributed by atoms with E-state index in [1.165, 1.54) is 12.7 Å². The van der Waals surface area contributed by atoms with Crippen molar-refractivity contribution in [1.29, 1.82) is 0 Å². The van der Waals surface area contributed by atoms with Crippen LogP contribution in [0.2, 0.25) is 0 Å². The molecule has 0 aromatic heterocycles. The molecular formula is C46H64O10. The summed E-state index contributed by atoms with van der Waals surface area (Å²) in [7, 11) is 4.62. The molecule has 0 saturated carbocycles. The van der Waals surface area contributed by atoms with E-state index in [2.05, 4.69) is 73.5 Å². The fourth-order valence-corrected chi connectivity index (χ4v) is 6.98. The fraction of sp³-hybridized carbons (Fsp3) is 0.587. The number of methoxy groups -OCH3 is 3. The van der Waals surface area contributed by atoms with E-state index in [4.69, 9.17) is 37.9 Å². The van der Waals surface area contributed by atoms with Crippen LogP contribution in [-0.2, 0) is 49.3 Å². The van der Waals surface area contributed by atoms with Crippen molar-refractivity contribution in [2.45, 2.75) is 128 Å². The van der Waals surface area contributed by atoms with Gasteiger partial charge in [-0.2, -0.15) is 0 Å². The van der Waals surface area contributed by atoms with Crippen molar-refractivity contribution < 1.29 is 47.4 Å². The van der Waals surface area contributed by atoms with Crippen molar-refractivity contribution in [3.05, 3.63) is 90.1 Å². The maximum absolute atomic E-state index is 11.3. The smallest absolute Gasteiger partial charge is 0.384 e. The van der Waals surface area contributed by atoms with Crippen LogP contribution in [0.25, 0.3) is 0 Å². The molecule has 0 bridgehead atoms. The number of rotatable bonds is 22. The number of hydrogen-bond acceptors (Lipinski definition) is 10. The van der Waals surface area contributed by atoms with Crippen molar-refractivity contribution in [1.82, 2.24) is 0 Å². The molecule has 8 atom stereocenters. The zero-order chi connectivity index (χ0) is 40.0. The summed E-state index contributed by atoms with van der Waals surface area (Å²) < 4.78 is 53.1. The second-order valence-electron chi connectivity index (χ2n) is 14.8. The lowest BCUT2D eigenvalue weighted by molar-refractivity contribution is -0.206. The molecule has 0 radical (unpaired) electrons. The SMILES string of the molecule is C=C(C[C@H](C)C[C@@H]1CC=C[C@@H](CC#CC(=O)OC)O1)C[C@@H](/C=C/C[C@H](OC1CCCCO1)[C@H](/C=C/[C@@H]1CC(C)=CCO1)OCc1ccc(OC)cc1)OCOC. The summed E-state index contributed by atoms with van der Waals surface area (Å²) in [4.78, 5) is 11.3. The first-order valence-corrected chi connectivity index (χ1v) is 20.0. The normalized spacial score (nSPS) is 23.5. The van der Waals surface area contributed by atoms with Crippen molar-refractivity contribution in [3.8, 4) is 17.6 Å². The molecule has 3 aliphatic rings. The average Bonchev–Trinajstić information content (AvgIpc) is 3.20. The highest BCUT2D eigenvalue weighted by atomic mass is 16.7. The largest absolute Gasteiger partial charge is 0.497 e. The van der Waals surface area contributed by atoms with Crippen LogP contribution in [0.1, 0.15) is 83.6 Å². The lowest BCUT2D eigenvalue weighted by Crippen LogP contribution is -2.36. The lowest BCUT2D eigenvalue weighted by Gasteiger charge is -2.31. The van der Waals surface area contributed by atoms with Gasteiger partial charge in [0.2, 0.25) is 0 Å². The lowest BCUT2D eigenvalue weighted by atomic mass is 9.91. The van der Waals surface area contributed by atoms with Crippen LogP contribution in [0.4, 0.5) is 0 Å². The van der Waals surface area contributed by atoms with E-state index >= 15 is 0 Å². The zero-order valence-electron chi connectivity index (χ0n) is 34.2. The quantitative estimate of drug-likeness (QED) is 0.0376. The molecule has 0 N–H and O–H groups in total. The third-order valence-electron chi connectivity index (χ3n) is 9.92. The topological polar surface area (TPSA) is 100 Å². The van der Waals surface area contributed by atoms with Crippen LogP contribution in [0.5, 0.6) is 5.75 Å². The van der Waals surface area contributed by atoms with Crippen molar-refractivity contribution in [2.24, 2.45) is 5.92 Å². The number of benzene rings is 1. The predicted molar refractivity (Wildman–Crippen MR) is 217 cm³/mol. The monoisotopic (exact) mass is 776 g/mol. The van der Waals surface area contributed by atoms with E-state index in [-0.39, 0.29) is 49.7 Å². The van der Waals surface area contributed by atoms with Gasteiger partial charge in [-0.1, -0.05) is 85.2 Å². The standard InChI is InChI=1S/C46H64O10/c1-34-25-27-51-41(29-34)23-24-43(53-32-37-19-21-38(49-5)22-20-37)44(56-46-18-7-8-26-52-46)16-10-14-40(54-33-48-4)30-35(2)28-36(3)31-42-15-9-12-39(55-42)13-11-17-45(47)50-6/h9-10,12,14,19-25,36,39-44,46H,2,7-8,13,15-16,18,26-33H2,1,3-6H3/b14-10+,24-23+/t36-,39-,40+,41+,42-,43-,44-,46?/m0/s1. The second kappa shape index (κ2) is 25.7. The average molecular weight is 777 g/mol. The third-order valence-corrected chi connectivity index (χ3v) is 9.92. The number of ether oxygens (including phenoxy) is 9. The Morgan fingerprint density at radius 3 is 2.64 bits per heavy atom. The minimum atomic E-state index is -0.539. The number of esters is 1. The molecular weight excluding hydrogens is 712 g/mol. The molecule has 10 heteroatoms. The number of carbonyl (C=O) groups is 1. The van der Waals surface area contributed by atoms with Gasteiger partial charge in [-0.05, 0) is 88.3 Å². The maximum atomic E-state index is 11.3. The Hall–Kier alpha value is -3.53. The molecule has 0 spiro atoms. The molecule has 1 saturated heterocycles. The molecule has 1 aromatic rings. The minimum absolute atomic E-state index is 0.0238. The Balaban J connectivity index is 1.41. The van der Waals surface area contributed by atoms with E-state index in [9.17, 15) is 4.79 Å². The molecule has 10 nitrogen and oxygen atoms in total. The summed E-state index contributed by atoms with van der Waals surface area (Å²) in [6.45, 7) is 10.7. The molecule has 1 aromatic carbocycles. The van der Waals surface area contributed by atoms with Gasteiger partial charge in [0.05, 0.1) is 58.0 Å². The number of hydrogen-bond donors (Lipinski definition) is 0. The van der Waals surface area contributed by atoms with E-state index < -0.39 is 5.97 Å². The maximum Gasteiger partial charge on any atom is 0.384 e.